The van der Waals surface area contributed by atoms with Crippen LogP contribution in [0, 0.1) is 5.41 Å². The summed E-state index contributed by atoms with van der Waals surface area (Å²) >= 11 is 1.75. The van der Waals surface area contributed by atoms with Gasteiger partial charge in [-0.15, -0.1) is 0 Å². The van der Waals surface area contributed by atoms with Crippen LogP contribution in [0.2, 0.25) is 0 Å². The molecule has 0 bridgehead atoms. The lowest BCUT2D eigenvalue weighted by Gasteiger charge is -2.42. The molecule has 0 aliphatic carbocycles. The third-order valence-electron chi connectivity index (χ3n) is 2.63. The summed E-state index contributed by atoms with van der Waals surface area (Å²) in [6.07, 6.45) is 5.10. The monoisotopic (exact) mass is 235 g/mol. The highest BCUT2D eigenvalue weighted by Gasteiger charge is 2.37. The molecule has 2 N–H and O–H groups in total. The fourth-order valence-electron chi connectivity index (χ4n) is 1.20. The summed E-state index contributed by atoms with van der Waals surface area (Å²) in [6, 6.07) is 0. The first-order chi connectivity index (χ1) is 6.95. The van der Waals surface area contributed by atoms with Crippen molar-refractivity contribution < 1.29 is 9.47 Å². The van der Waals surface area contributed by atoms with Crippen molar-refractivity contribution in [2.75, 3.05) is 32.3 Å². The zero-order valence-electron chi connectivity index (χ0n) is 10.6. The van der Waals surface area contributed by atoms with Crippen molar-refractivity contribution in [3.8, 4) is 0 Å². The second-order valence-electron chi connectivity index (χ2n) is 4.44. The quantitative estimate of drug-likeness (QED) is 0.796. The molecule has 1 heterocycles. The molecule has 1 rings (SSSR count). The Morgan fingerprint density at radius 2 is 1.60 bits per heavy atom. The van der Waals surface area contributed by atoms with Crippen LogP contribution < -0.4 is 5.73 Å². The first kappa shape index (κ1) is 15.2. The summed E-state index contributed by atoms with van der Waals surface area (Å²) in [5.41, 5.74) is 5.73. The van der Waals surface area contributed by atoms with E-state index in [9.17, 15) is 0 Å². The fourth-order valence-corrected chi connectivity index (χ4v) is 1.20. The van der Waals surface area contributed by atoms with E-state index in [0.29, 0.717) is 19.8 Å². The van der Waals surface area contributed by atoms with Gasteiger partial charge in [0.15, 0.2) is 5.79 Å². The number of hydrogen-bond donors (Lipinski definition) is 1. The van der Waals surface area contributed by atoms with Gasteiger partial charge in [0.25, 0.3) is 0 Å². The Morgan fingerprint density at radius 1 is 1.20 bits per heavy atom. The summed E-state index contributed by atoms with van der Waals surface area (Å²) in [6.45, 7) is 8.06. The minimum atomic E-state index is -0.423. The third kappa shape index (κ3) is 5.20. The van der Waals surface area contributed by atoms with Crippen molar-refractivity contribution in [2.24, 2.45) is 11.1 Å². The molecule has 1 saturated heterocycles. The molecule has 0 atom stereocenters. The average Bonchev–Trinajstić information content (AvgIpc) is 2.20. The van der Waals surface area contributed by atoms with Gasteiger partial charge in [-0.2, -0.15) is 11.8 Å². The number of thioether (sulfide) groups is 1. The van der Waals surface area contributed by atoms with Crippen LogP contribution in [0.1, 0.15) is 27.2 Å². The van der Waals surface area contributed by atoms with Crippen LogP contribution in [0.15, 0.2) is 0 Å². The van der Waals surface area contributed by atoms with Crippen molar-refractivity contribution >= 4 is 11.8 Å². The second kappa shape index (κ2) is 6.74. The zero-order chi connectivity index (χ0) is 11.9. The topological polar surface area (TPSA) is 44.5 Å². The molecule has 92 valence electrons. The normalized spacial score (nSPS) is 22.8. The summed E-state index contributed by atoms with van der Waals surface area (Å²) in [7, 11) is 0. The summed E-state index contributed by atoms with van der Waals surface area (Å²) in [5.74, 6) is -0.423. The van der Waals surface area contributed by atoms with Gasteiger partial charge in [-0.1, -0.05) is 6.92 Å². The maximum atomic E-state index is 5.68. The standard InChI is InChI=1S/C9H19NO2.C2H6S/c1-4-9(5-10)6-11-8(2,3)12-7-9;1-3-2/h4-7,10H2,1-3H3;1-2H3. The zero-order valence-corrected chi connectivity index (χ0v) is 11.4. The number of rotatable bonds is 2. The lowest BCUT2D eigenvalue weighted by Crippen LogP contribution is -2.49. The Bertz CT molecular complexity index is 158. The van der Waals surface area contributed by atoms with Gasteiger partial charge in [-0.05, 0) is 32.8 Å². The van der Waals surface area contributed by atoms with Crippen molar-refractivity contribution in [1.82, 2.24) is 0 Å². The highest BCUT2D eigenvalue weighted by Crippen LogP contribution is 2.31. The van der Waals surface area contributed by atoms with Gasteiger partial charge >= 0.3 is 0 Å². The van der Waals surface area contributed by atoms with Crippen LogP contribution in [0.5, 0.6) is 0 Å². The fraction of sp³-hybridized carbons (Fsp3) is 1.00. The molecule has 0 aromatic carbocycles. The summed E-state index contributed by atoms with van der Waals surface area (Å²) in [4.78, 5) is 0. The highest BCUT2D eigenvalue weighted by atomic mass is 32.2. The summed E-state index contributed by atoms with van der Waals surface area (Å²) < 4.78 is 11.1. The van der Waals surface area contributed by atoms with Crippen molar-refractivity contribution in [1.29, 1.82) is 0 Å². The smallest absolute Gasteiger partial charge is 0.162 e. The predicted molar refractivity (Wildman–Crippen MR) is 67.2 cm³/mol. The van der Waals surface area contributed by atoms with E-state index < -0.39 is 5.79 Å². The van der Waals surface area contributed by atoms with E-state index in [0.717, 1.165) is 6.42 Å². The number of hydrogen-bond acceptors (Lipinski definition) is 4. The largest absolute Gasteiger partial charge is 0.350 e. The molecule has 15 heavy (non-hydrogen) atoms. The van der Waals surface area contributed by atoms with Gasteiger partial charge in [0.1, 0.15) is 0 Å². The Hall–Kier alpha value is 0.230. The van der Waals surface area contributed by atoms with E-state index in [2.05, 4.69) is 6.92 Å². The molecule has 0 amide bonds. The highest BCUT2D eigenvalue weighted by molar-refractivity contribution is 7.97. The van der Waals surface area contributed by atoms with Crippen molar-refractivity contribution in [3.05, 3.63) is 0 Å². The molecule has 1 aliphatic heterocycles. The van der Waals surface area contributed by atoms with E-state index in [-0.39, 0.29) is 5.41 Å². The molecule has 0 spiro atoms. The first-order valence-electron chi connectivity index (χ1n) is 5.33. The first-order valence-corrected chi connectivity index (χ1v) is 6.96. The molecular formula is C11H25NO2S. The van der Waals surface area contributed by atoms with E-state index >= 15 is 0 Å². The third-order valence-corrected chi connectivity index (χ3v) is 2.63. The lowest BCUT2D eigenvalue weighted by atomic mass is 9.86. The van der Waals surface area contributed by atoms with Crippen LogP contribution in [-0.2, 0) is 9.47 Å². The van der Waals surface area contributed by atoms with Crippen LogP contribution >= 0.6 is 11.8 Å². The van der Waals surface area contributed by atoms with Gasteiger partial charge in [0.2, 0.25) is 0 Å². The van der Waals surface area contributed by atoms with E-state index in [1.54, 1.807) is 11.8 Å². The Morgan fingerprint density at radius 3 is 1.87 bits per heavy atom. The average molecular weight is 235 g/mol. The van der Waals surface area contributed by atoms with Gasteiger partial charge in [-0.3, -0.25) is 0 Å². The molecule has 0 saturated carbocycles. The van der Waals surface area contributed by atoms with Crippen LogP contribution in [0.3, 0.4) is 0 Å². The SMILES string of the molecule is CCC1(CN)COC(C)(C)OC1.CSC. The molecule has 1 fully saturated rings. The number of ether oxygens (including phenoxy) is 2. The van der Waals surface area contributed by atoms with Gasteiger partial charge in [0, 0.05) is 12.0 Å². The molecule has 0 aromatic rings. The van der Waals surface area contributed by atoms with Gasteiger partial charge in [0.05, 0.1) is 13.2 Å². The predicted octanol–water partition coefficient (Wildman–Crippen LogP) is 2.10. The molecule has 0 aromatic heterocycles. The summed E-state index contributed by atoms with van der Waals surface area (Å²) in [5, 5.41) is 0. The van der Waals surface area contributed by atoms with E-state index in [1.807, 2.05) is 26.4 Å². The van der Waals surface area contributed by atoms with Crippen LogP contribution in [0.4, 0.5) is 0 Å². The molecule has 0 radical (unpaired) electrons. The van der Waals surface area contributed by atoms with Gasteiger partial charge in [-0.25, -0.2) is 0 Å². The van der Waals surface area contributed by atoms with E-state index in [1.165, 1.54) is 0 Å². The minimum absolute atomic E-state index is 0.0511. The second-order valence-corrected chi connectivity index (χ2v) is 5.26. The van der Waals surface area contributed by atoms with Gasteiger partial charge < -0.3 is 15.2 Å². The molecule has 4 heteroatoms. The van der Waals surface area contributed by atoms with Crippen molar-refractivity contribution in [2.45, 2.75) is 33.0 Å². The van der Waals surface area contributed by atoms with E-state index in [4.69, 9.17) is 15.2 Å². The Labute approximate surface area is 98.1 Å². The maximum Gasteiger partial charge on any atom is 0.162 e. The molecular weight excluding hydrogens is 210 g/mol. The van der Waals surface area contributed by atoms with Crippen LogP contribution in [0.25, 0.3) is 0 Å². The van der Waals surface area contributed by atoms with Crippen molar-refractivity contribution in [3.63, 3.8) is 0 Å². The Balaban J connectivity index is 0.000000583. The molecule has 0 unspecified atom stereocenters. The molecule has 1 aliphatic rings. The van der Waals surface area contributed by atoms with Crippen LogP contribution in [-0.4, -0.2) is 38.1 Å². The lowest BCUT2D eigenvalue weighted by molar-refractivity contribution is -0.284. The molecule has 3 nitrogen and oxygen atoms in total. The number of nitrogens with two attached hydrogens (primary N) is 1. The Kier molecular flexibility index (Phi) is 6.84. The maximum absolute atomic E-state index is 5.68. The minimum Gasteiger partial charge on any atom is -0.350 e.